The smallest absolute Gasteiger partial charge is 0.239 e. The van der Waals surface area contributed by atoms with Crippen LogP contribution in [-0.4, -0.2) is 27.0 Å². The van der Waals surface area contributed by atoms with Gasteiger partial charge in [-0.2, -0.15) is 0 Å². The molecule has 0 radical (unpaired) electrons. The highest BCUT2D eigenvalue weighted by atomic mass is 35.5. The van der Waals surface area contributed by atoms with E-state index in [2.05, 4.69) is 11.9 Å². The first-order valence-electron chi connectivity index (χ1n) is 6.45. The molecular weight excluding hydrogens is 300 g/mol. The van der Waals surface area contributed by atoms with E-state index in [1.807, 2.05) is 0 Å². The minimum Gasteiger partial charge on any atom is -0.475 e. The van der Waals surface area contributed by atoms with E-state index in [0.29, 0.717) is 18.1 Å². The second kappa shape index (κ2) is 6.11. The van der Waals surface area contributed by atoms with E-state index in [4.69, 9.17) is 21.5 Å². The second-order valence-corrected chi connectivity index (χ2v) is 6.61. The minimum absolute atomic E-state index is 0.0601. The molecule has 0 spiro atoms. The van der Waals surface area contributed by atoms with E-state index in [0.717, 1.165) is 19.3 Å². The third-order valence-electron chi connectivity index (χ3n) is 3.10. The molecule has 2 N–H and O–H groups in total. The van der Waals surface area contributed by atoms with E-state index >= 15 is 0 Å². The summed E-state index contributed by atoms with van der Waals surface area (Å²) in [6.45, 7) is 2.62. The van der Waals surface area contributed by atoms with Crippen molar-refractivity contribution in [3.63, 3.8) is 0 Å². The Kier molecular flexibility index (Phi) is 4.67. The number of rotatable bonds is 5. The van der Waals surface area contributed by atoms with Crippen LogP contribution in [0.2, 0.25) is 5.02 Å². The first kappa shape index (κ1) is 15.3. The van der Waals surface area contributed by atoms with E-state index in [1.165, 1.54) is 6.07 Å². The summed E-state index contributed by atoms with van der Waals surface area (Å²) < 4.78 is 28.4. The van der Waals surface area contributed by atoms with Gasteiger partial charge in [-0.05, 0) is 18.6 Å². The number of unbranched alkanes of at least 4 members (excludes halogenated alkanes) is 1. The number of halogens is 1. The summed E-state index contributed by atoms with van der Waals surface area (Å²) in [4.78, 5) is 4.34. The van der Waals surface area contributed by atoms with Gasteiger partial charge in [0.1, 0.15) is 11.5 Å². The number of sulfonamides is 1. The summed E-state index contributed by atoms with van der Waals surface area (Å²) in [5.74, 6) is 0.390. The highest BCUT2D eigenvalue weighted by Gasteiger charge is 2.24. The quantitative estimate of drug-likeness (QED) is 0.905. The standard InChI is InChI=1S/C13H17ClN2O3S/c1-2-3-5-9-8-19-13(16-9)10-6-4-7-11(12(10)14)20(15,17)18/h4,6-7,9H,2-3,5,8H2,1H3,(H2,15,17,18). The van der Waals surface area contributed by atoms with Gasteiger partial charge in [0.05, 0.1) is 16.6 Å². The second-order valence-electron chi connectivity index (χ2n) is 4.70. The SMILES string of the molecule is CCCCC1COC(c2cccc(S(N)(=O)=O)c2Cl)=N1. The van der Waals surface area contributed by atoms with Crippen LogP contribution >= 0.6 is 11.6 Å². The Balaban J connectivity index is 2.31. The van der Waals surface area contributed by atoms with Crippen molar-refractivity contribution >= 4 is 27.5 Å². The fourth-order valence-corrected chi connectivity index (χ4v) is 3.20. The Labute approximate surface area is 123 Å². The molecule has 1 unspecified atom stereocenters. The predicted molar refractivity (Wildman–Crippen MR) is 78.6 cm³/mol. The molecule has 1 atom stereocenters. The van der Waals surface area contributed by atoms with Crippen molar-refractivity contribution in [2.75, 3.05) is 6.61 Å². The van der Waals surface area contributed by atoms with Gasteiger partial charge in [0, 0.05) is 0 Å². The van der Waals surface area contributed by atoms with Gasteiger partial charge < -0.3 is 4.74 Å². The van der Waals surface area contributed by atoms with Crippen molar-refractivity contribution in [2.45, 2.75) is 37.1 Å². The average Bonchev–Trinajstić information content (AvgIpc) is 2.83. The van der Waals surface area contributed by atoms with E-state index in [-0.39, 0.29) is 16.0 Å². The Bertz CT molecular complexity index is 629. The molecule has 0 aromatic heterocycles. The predicted octanol–water partition coefficient (Wildman–Crippen LogP) is 2.32. The van der Waals surface area contributed by atoms with Crippen molar-refractivity contribution < 1.29 is 13.2 Å². The Morgan fingerprint density at radius 3 is 2.90 bits per heavy atom. The number of ether oxygens (including phenoxy) is 1. The fourth-order valence-electron chi connectivity index (χ4n) is 2.05. The number of primary sulfonamides is 1. The lowest BCUT2D eigenvalue weighted by Gasteiger charge is -2.07. The maximum atomic E-state index is 11.4. The monoisotopic (exact) mass is 316 g/mol. The summed E-state index contributed by atoms with van der Waals surface area (Å²) in [6.07, 6.45) is 3.13. The molecule has 0 amide bonds. The lowest BCUT2D eigenvalue weighted by atomic mass is 10.1. The zero-order valence-electron chi connectivity index (χ0n) is 11.2. The molecule has 7 heteroatoms. The van der Waals surface area contributed by atoms with Crippen LogP contribution in [0.5, 0.6) is 0 Å². The third-order valence-corrected chi connectivity index (χ3v) is 4.58. The third kappa shape index (κ3) is 3.31. The molecule has 1 aromatic rings. The summed E-state index contributed by atoms with van der Waals surface area (Å²) in [7, 11) is -3.86. The van der Waals surface area contributed by atoms with Crippen LogP contribution < -0.4 is 5.14 Å². The molecule has 2 rings (SSSR count). The lowest BCUT2D eigenvalue weighted by molar-refractivity contribution is 0.310. The molecule has 20 heavy (non-hydrogen) atoms. The molecule has 1 aliphatic rings. The van der Waals surface area contributed by atoms with Crippen molar-refractivity contribution in [1.29, 1.82) is 0 Å². The van der Waals surface area contributed by atoms with Crippen molar-refractivity contribution in [3.05, 3.63) is 28.8 Å². The molecule has 0 aliphatic carbocycles. The van der Waals surface area contributed by atoms with Crippen LogP contribution in [0.25, 0.3) is 0 Å². The largest absolute Gasteiger partial charge is 0.475 e. The highest BCUT2D eigenvalue weighted by Crippen LogP contribution is 2.27. The van der Waals surface area contributed by atoms with Crippen LogP contribution in [0.4, 0.5) is 0 Å². The van der Waals surface area contributed by atoms with Gasteiger partial charge in [-0.1, -0.05) is 37.4 Å². The van der Waals surface area contributed by atoms with Crippen molar-refractivity contribution in [3.8, 4) is 0 Å². The minimum atomic E-state index is -3.86. The summed E-state index contributed by atoms with van der Waals surface area (Å²) in [5.41, 5.74) is 0.470. The van der Waals surface area contributed by atoms with Gasteiger partial charge in [-0.3, -0.25) is 0 Å². The molecule has 1 heterocycles. The zero-order valence-corrected chi connectivity index (χ0v) is 12.7. The van der Waals surface area contributed by atoms with Crippen LogP contribution in [0.1, 0.15) is 31.7 Å². The van der Waals surface area contributed by atoms with Crippen LogP contribution in [0.3, 0.4) is 0 Å². The van der Waals surface area contributed by atoms with Crippen LogP contribution in [-0.2, 0) is 14.8 Å². The number of nitrogens with zero attached hydrogens (tertiary/aromatic N) is 1. The normalized spacial score (nSPS) is 18.8. The summed E-state index contributed by atoms with van der Waals surface area (Å²) in [6, 6.07) is 4.73. The van der Waals surface area contributed by atoms with Crippen molar-refractivity contribution in [1.82, 2.24) is 0 Å². The lowest BCUT2D eigenvalue weighted by Crippen LogP contribution is -2.14. The molecule has 0 saturated heterocycles. The maximum absolute atomic E-state index is 11.4. The number of nitrogens with two attached hydrogens (primary N) is 1. The van der Waals surface area contributed by atoms with Gasteiger partial charge >= 0.3 is 0 Å². The first-order chi connectivity index (χ1) is 9.43. The van der Waals surface area contributed by atoms with E-state index < -0.39 is 10.0 Å². The fraction of sp³-hybridized carbons (Fsp3) is 0.462. The number of benzene rings is 1. The van der Waals surface area contributed by atoms with Crippen LogP contribution in [0.15, 0.2) is 28.1 Å². The molecule has 0 saturated carbocycles. The van der Waals surface area contributed by atoms with Gasteiger partial charge in [-0.15, -0.1) is 0 Å². The van der Waals surface area contributed by atoms with Gasteiger partial charge in [0.2, 0.25) is 15.9 Å². The summed E-state index contributed by atoms with van der Waals surface area (Å²) in [5, 5.41) is 5.19. The molecule has 110 valence electrons. The summed E-state index contributed by atoms with van der Waals surface area (Å²) >= 11 is 6.11. The van der Waals surface area contributed by atoms with Gasteiger partial charge in [0.25, 0.3) is 0 Å². The number of aliphatic imine (C=N–C) groups is 1. The topological polar surface area (TPSA) is 81.8 Å². The van der Waals surface area contributed by atoms with E-state index in [1.54, 1.807) is 12.1 Å². The molecule has 0 bridgehead atoms. The number of hydrogen-bond acceptors (Lipinski definition) is 4. The Morgan fingerprint density at radius 2 is 2.25 bits per heavy atom. The molecule has 1 aliphatic heterocycles. The van der Waals surface area contributed by atoms with Gasteiger partial charge in [0.15, 0.2) is 0 Å². The highest BCUT2D eigenvalue weighted by molar-refractivity contribution is 7.89. The van der Waals surface area contributed by atoms with Crippen molar-refractivity contribution in [2.24, 2.45) is 10.1 Å². The average molecular weight is 317 g/mol. The molecule has 5 nitrogen and oxygen atoms in total. The van der Waals surface area contributed by atoms with Gasteiger partial charge in [-0.25, -0.2) is 18.5 Å². The zero-order chi connectivity index (χ0) is 14.8. The van der Waals surface area contributed by atoms with Crippen LogP contribution in [0, 0.1) is 0 Å². The first-order valence-corrected chi connectivity index (χ1v) is 8.38. The molecule has 1 aromatic carbocycles. The molecule has 0 fully saturated rings. The number of hydrogen-bond donors (Lipinski definition) is 1. The molecular formula is C13H17ClN2O3S. The van der Waals surface area contributed by atoms with E-state index in [9.17, 15) is 8.42 Å². The Hall–Kier alpha value is -1.11. The maximum Gasteiger partial charge on any atom is 0.239 e. The Morgan fingerprint density at radius 1 is 1.50 bits per heavy atom.